The third-order valence-corrected chi connectivity index (χ3v) is 20.5. The molecule has 87 heavy (non-hydrogen) atoms. The van der Waals surface area contributed by atoms with Gasteiger partial charge in [-0.3, -0.25) is 9.59 Å². The second kappa shape index (κ2) is 25.3. The maximum absolute atomic E-state index is 12.5. The molecule has 0 aromatic heterocycles. The van der Waals surface area contributed by atoms with Crippen molar-refractivity contribution in [2.75, 3.05) is 13.9 Å². The van der Waals surface area contributed by atoms with Crippen molar-refractivity contribution in [3.63, 3.8) is 0 Å². The van der Waals surface area contributed by atoms with Gasteiger partial charge >= 0.3 is 11.9 Å². The SMILES string of the molecule is CC1(C)C2CCC1(C)C(OC(=O)/C=C/c1ccc3c(c1)OCO3)C2.CC1(C)C2CCC1(C)C(OC(=O)/C=C/c1ccccc1)C2.COc1cc(C)cc2c1C(=O)CC(c1ccc(C)cc1)O2.Cc1ccc(C2CC(=O)c3c(O)cc(CO)cc3O2)cc1. The Bertz CT molecular complexity index is 3530. The van der Waals surface area contributed by atoms with Gasteiger partial charge in [-0.05, 0) is 164 Å². The van der Waals surface area contributed by atoms with Crippen LogP contribution in [0, 0.1) is 54.3 Å². The van der Waals surface area contributed by atoms with Crippen LogP contribution in [0.2, 0.25) is 0 Å². The molecule has 3 aliphatic heterocycles. The highest BCUT2D eigenvalue weighted by molar-refractivity contribution is 6.03. The maximum Gasteiger partial charge on any atom is 0.331 e. The largest absolute Gasteiger partial charge is 0.507 e. The first-order chi connectivity index (χ1) is 41.5. The van der Waals surface area contributed by atoms with Crippen LogP contribution in [0.1, 0.15) is 170 Å². The molecule has 4 saturated carbocycles. The van der Waals surface area contributed by atoms with Crippen molar-refractivity contribution in [2.45, 2.75) is 145 Å². The average Bonchev–Trinajstić information content (AvgIpc) is 1.61. The third kappa shape index (κ3) is 12.8. The number of aliphatic hydroxyl groups is 1. The molecule has 456 valence electrons. The number of aryl methyl sites for hydroxylation is 3. The summed E-state index contributed by atoms with van der Waals surface area (Å²) in [7, 11) is 1.58. The number of aliphatic hydroxyl groups excluding tert-OH is 1. The van der Waals surface area contributed by atoms with E-state index in [1.165, 1.54) is 37.0 Å². The van der Waals surface area contributed by atoms with Crippen LogP contribution < -0.4 is 23.7 Å². The molecule has 0 spiro atoms. The molecule has 2 N–H and O–H groups in total. The molecule has 0 radical (unpaired) electrons. The van der Waals surface area contributed by atoms with E-state index in [1.807, 2.05) is 136 Å². The molecule has 4 aliphatic carbocycles. The smallest absolute Gasteiger partial charge is 0.331 e. The van der Waals surface area contributed by atoms with Crippen molar-refractivity contribution in [1.29, 1.82) is 0 Å². The van der Waals surface area contributed by atoms with Crippen LogP contribution in [-0.2, 0) is 25.7 Å². The Morgan fingerprint density at radius 3 is 1.57 bits per heavy atom. The second-order valence-corrected chi connectivity index (χ2v) is 26.0. The summed E-state index contributed by atoms with van der Waals surface area (Å²) in [5, 5.41) is 19.1. The van der Waals surface area contributed by atoms with Crippen LogP contribution in [0.4, 0.5) is 0 Å². The van der Waals surface area contributed by atoms with Gasteiger partial charge in [0.1, 0.15) is 58.5 Å². The number of fused-ring (bicyclic) bond motifs is 7. The number of carbonyl (C=O) groups is 4. The summed E-state index contributed by atoms with van der Waals surface area (Å²) in [6.07, 6.45) is 13.6. The zero-order valence-corrected chi connectivity index (χ0v) is 51.8. The van der Waals surface area contributed by atoms with Crippen molar-refractivity contribution in [3.8, 4) is 34.5 Å². The minimum absolute atomic E-state index is 0.0279. The van der Waals surface area contributed by atoms with Gasteiger partial charge in [-0.2, -0.15) is 0 Å². The molecule has 13 heteroatoms. The summed E-state index contributed by atoms with van der Waals surface area (Å²) >= 11 is 0. The molecule has 0 amide bonds. The molecule has 8 unspecified atom stereocenters. The van der Waals surface area contributed by atoms with Crippen LogP contribution in [-0.4, -0.2) is 59.8 Å². The molecule has 13 nitrogen and oxygen atoms in total. The predicted octanol–water partition coefficient (Wildman–Crippen LogP) is 15.6. The van der Waals surface area contributed by atoms with E-state index in [-0.39, 0.29) is 101 Å². The Morgan fingerprint density at radius 1 is 0.575 bits per heavy atom. The van der Waals surface area contributed by atoms with E-state index in [9.17, 15) is 29.4 Å². The lowest BCUT2D eigenvalue weighted by Crippen LogP contribution is -2.38. The van der Waals surface area contributed by atoms with Crippen molar-refractivity contribution < 1.29 is 62.5 Å². The molecule has 4 fully saturated rings. The summed E-state index contributed by atoms with van der Waals surface area (Å²) in [6, 6.07) is 38.2. The number of esters is 2. The number of benzene rings is 6. The van der Waals surface area contributed by atoms with E-state index >= 15 is 0 Å². The molecule has 0 saturated heterocycles. The fourth-order valence-corrected chi connectivity index (χ4v) is 14.1. The lowest BCUT2D eigenvalue weighted by molar-refractivity contribution is -0.151. The minimum atomic E-state index is -0.362. The summed E-state index contributed by atoms with van der Waals surface area (Å²) in [5.74, 6) is 3.67. The predicted molar refractivity (Wildman–Crippen MR) is 334 cm³/mol. The maximum atomic E-state index is 12.5. The molecule has 3 heterocycles. The first kappa shape index (κ1) is 61.9. The summed E-state index contributed by atoms with van der Waals surface area (Å²) in [6.45, 7) is 19.9. The number of methoxy groups -OCH3 is 1. The van der Waals surface area contributed by atoms with Crippen LogP contribution in [0.5, 0.6) is 34.5 Å². The van der Waals surface area contributed by atoms with Crippen molar-refractivity contribution >= 4 is 35.7 Å². The first-order valence-corrected chi connectivity index (χ1v) is 30.4. The minimum Gasteiger partial charge on any atom is -0.507 e. The molecule has 13 rings (SSSR count). The molecule has 4 bridgehead atoms. The fraction of sp³-hybridized carbons (Fsp3) is 0.405. The number of phenolic OH excluding ortho intramolecular Hbond substituents is 1. The summed E-state index contributed by atoms with van der Waals surface area (Å²) < 4.78 is 39.5. The lowest BCUT2D eigenvalue weighted by Gasteiger charge is -2.38. The normalized spacial score (nSPS) is 25.3. The Kier molecular flexibility index (Phi) is 18.0. The Balaban J connectivity index is 0.000000129. The summed E-state index contributed by atoms with van der Waals surface area (Å²) in [4.78, 5) is 49.1. The molecular weight excluding hydrogens is 1100 g/mol. The molecular formula is C74H82O13. The van der Waals surface area contributed by atoms with Crippen molar-refractivity contribution in [1.82, 2.24) is 0 Å². The van der Waals surface area contributed by atoms with Gasteiger partial charge in [0.05, 0.1) is 26.6 Å². The monoisotopic (exact) mass is 1180 g/mol. The van der Waals surface area contributed by atoms with Gasteiger partial charge in [-0.15, -0.1) is 0 Å². The lowest BCUT2D eigenvalue weighted by atomic mass is 9.70. The van der Waals surface area contributed by atoms with Crippen LogP contribution >= 0.6 is 0 Å². The van der Waals surface area contributed by atoms with Gasteiger partial charge < -0.3 is 43.4 Å². The average molecular weight is 1180 g/mol. The fourth-order valence-electron chi connectivity index (χ4n) is 14.1. The number of hydrogen-bond donors (Lipinski definition) is 2. The number of aromatic hydroxyl groups is 1. The number of hydrogen-bond acceptors (Lipinski definition) is 13. The first-order valence-electron chi connectivity index (χ1n) is 30.4. The number of ketones is 2. The second-order valence-electron chi connectivity index (χ2n) is 26.0. The molecule has 6 aromatic carbocycles. The van der Waals surface area contributed by atoms with Gasteiger partial charge in [0.15, 0.2) is 23.1 Å². The standard InChI is InChI=1S/C20H24O4.C19H24O2.C18H18O3.C17H16O4/c1-19(2)14-8-9-20(19,3)17(11-14)24-18(21)7-5-13-4-6-15-16(10-13)23-12-22-15;1-18(2)15-11-12-19(18,3)16(13-15)21-17(20)10-9-14-7-5-4-6-8-14;1-11-4-6-13(7-5-11)15-10-14(19)18-16(20-3)8-12(2)9-17(18)21-15;1-10-2-4-12(5-3-10)15-8-14(20)17-13(19)6-11(9-18)7-16(17)21-15/h4-7,10,14,17H,8-9,11-12H2,1-3H3;4-10,15-16H,11-13H2,1-3H3;4-9,15H,10H2,1-3H3;2-7,15,18-19H,8-9H2,1H3/b7-5+;10-9+;;. The molecule has 8 atom stereocenters. The zero-order valence-electron chi connectivity index (χ0n) is 51.8. The quantitative estimate of drug-likeness (QED) is 0.0981. The van der Waals surface area contributed by atoms with E-state index in [0.717, 1.165) is 58.4 Å². The Morgan fingerprint density at radius 2 is 1.08 bits per heavy atom. The number of ether oxygens (including phenoxy) is 7. The topological polar surface area (TPSA) is 173 Å². The van der Waals surface area contributed by atoms with E-state index in [0.29, 0.717) is 52.4 Å². The van der Waals surface area contributed by atoms with E-state index < -0.39 is 0 Å². The number of rotatable bonds is 10. The Labute approximate surface area is 511 Å². The van der Waals surface area contributed by atoms with Crippen LogP contribution in [0.3, 0.4) is 0 Å². The van der Waals surface area contributed by atoms with E-state index in [2.05, 4.69) is 41.5 Å². The molecule has 7 aliphatic rings. The van der Waals surface area contributed by atoms with Gasteiger partial charge in [0.25, 0.3) is 0 Å². The van der Waals surface area contributed by atoms with Gasteiger partial charge in [-0.1, -0.05) is 138 Å². The van der Waals surface area contributed by atoms with Gasteiger partial charge in [0.2, 0.25) is 6.79 Å². The highest BCUT2D eigenvalue weighted by Crippen LogP contribution is 2.67. The van der Waals surface area contributed by atoms with Crippen molar-refractivity contribution in [3.05, 3.63) is 189 Å². The van der Waals surface area contributed by atoms with Crippen LogP contribution in [0.25, 0.3) is 12.2 Å². The third-order valence-electron chi connectivity index (χ3n) is 20.5. The van der Waals surface area contributed by atoms with Crippen molar-refractivity contribution in [2.24, 2.45) is 33.5 Å². The number of phenols is 1. The highest BCUT2D eigenvalue weighted by atomic mass is 16.7. The van der Waals surface area contributed by atoms with E-state index in [4.69, 9.17) is 33.2 Å². The Hall–Kier alpha value is -8.16. The van der Waals surface area contributed by atoms with Gasteiger partial charge in [-0.25, -0.2) is 9.59 Å². The van der Waals surface area contributed by atoms with E-state index in [1.54, 1.807) is 25.3 Å². The van der Waals surface area contributed by atoms with Crippen LogP contribution in [0.15, 0.2) is 133 Å². The highest BCUT2D eigenvalue weighted by Gasteiger charge is 2.64. The molecule has 6 aromatic rings. The zero-order chi connectivity index (χ0) is 62.0. The number of carbonyl (C=O) groups excluding carboxylic acids is 4. The summed E-state index contributed by atoms with van der Waals surface area (Å²) in [5.41, 5.74) is 9.26. The van der Waals surface area contributed by atoms with Gasteiger partial charge in [0, 0.05) is 23.0 Å². The number of Topliss-reactive ketones (excluding diaryl/α,β-unsaturated/α-hetero) is 2.